The molecule has 1 aromatic rings. The van der Waals surface area contributed by atoms with Crippen molar-refractivity contribution in [1.29, 1.82) is 0 Å². The summed E-state index contributed by atoms with van der Waals surface area (Å²) in [5, 5.41) is 0. The molecule has 0 bridgehead atoms. The van der Waals surface area contributed by atoms with Crippen molar-refractivity contribution in [3.05, 3.63) is 30.3 Å². The molecular formula is C16H22N2O3S. The molecule has 0 saturated carbocycles. The van der Waals surface area contributed by atoms with Gasteiger partial charge in [-0.1, -0.05) is 18.2 Å². The van der Waals surface area contributed by atoms with Gasteiger partial charge in [-0.2, -0.15) is 4.31 Å². The molecule has 2 aliphatic heterocycles. The van der Waals surface area contributed by atoms with E-state index in [1.165, 1.54) is 4.31 Å². The average molecular weight is 322 g/mol. The number of hydrogen-bond acceptors (Lipinski definition) is 3. The molecule has 0 spiro atoms. The zero-order valence-corrected chi connectivity index (χ0v) is 13.5. The Morgan fingerprint density at radius 2 is 1.55 bits per heavy atom. The summed E-state index contributed by atoms with van der Waals surface area (Å²) in [4.78, 5) is 14.7. The van der Waals surface area contributed by atoms with E-state index in [9.17, 15) is 13.2 Å². The minimum absolute atomic E-state index is 0.0136. The van der Waals surface area contributed by atoms with E-state index in [-0.39, 0.29) is 11.8 Å². The molecule has 0 N–H and O–H groups in total. The Morgan fingerprint density at radius 1 is 0.955 bits per heavy atom. The van der Waals surface area contributed by atoms with Crippen molar-refractivity contribution in [2.45, 2.75) is 30.6 Å². The van der Waals surface area contributed by atoms with Crippen LogP contribution in [0.1, 0.15) is 25.7 Å². The first-order valence-electron chi connectivity index (χ1n) is 7.93. The van der Waals surface area contributed by atoms with Crippen LogP contribution in [0.25, 0.3) is 0 Å². The number of amides is 1. The molecule has 2 fully saturated rings. The zero-order chi connectivity index (χ0) is 15.6. The van der Waals surface area contributed by atoms with Gasteiger partial charge in [0.1, 0.15) is 0 Å². The lowest BCUT2D eigenvalue weighted by Gasteiger charge is -2.32. The second kappa shape index (κ2) is 6.38. The van der Waals surface area contributed by atoms with Crippen molar-refractivity contribution in [2.75, 3.05) is 26.2 Å². The van der Waals surface area contributed by atoms with Crippen LogP contribution in [0.5, 0.6) is 0 Å². The number of rotatable bonds is 3. The average Bonchev–Trinajstić information content (AvgIpc) is 3.09. The van der Waals surface area contributed by atoms with Gasteiger partial charge >= 0.3 is 0 Å². The van der Waals surface area contributed by atoms with Gasteiger partial charge in [-0.05, 0) is 37.8 Å². The summed E-state index contributed by atoms with van der Waals surface area (Å²) in [5.74, 6) is 0.203. The lowest BCUT2D eigenvalue weighted by Crippen LogP contribution is -2.43. The summed E-state index contributed by atoms with van der Waals surface area (Å²) in [7, 11) is -3.42. The second-order valence-electron chi connectivity index (χ2n) is 6.02. The smallest absolute Gasteiger partial charge is 0.243 e. The molecule has 5 nitrogen and oxygen atoms in total. The first-order chi connectivity index (χ1) is 10.6. The minimum Gasteiger partial charge on any atom is -0.342 e. The van der Waals surface area contributed by atoms with Gasteiger partial charge in [-0.3, -0.25) is 4.79 Å². The molecular weight excluding hydrogens is 300 g/mol. The highest BCUT2D eigenvalue weighted by Crippen LogP contribution is 2.26. The fraction of sp³-hybridized carbons (Fsp3) is 0.562. The summed E-state index contributed by atoms with van der Waals surface area (Å²) in [6, 6.07) is 8.51. The van der Waals surface area contributed by atoms with Gasteiger partial charge in [0.25, 0.3) is 0 Å². The van der Waals surface area contributed by atoms with Crippen molar-refractivity contribution in [2.24, 2.45) is 5.92 Å². The third-order valence-corrected chi connectivity index (χ3v) is 6.51. The Bertz CT molecular complexity index is 616. The molecule has 2 heterocycles. The molecule has 2 saturated heterocycles. The number of hydrogen-bond donors (Lipinski definition) is 0. The summed E-state index contributed by atoms with van der Waals surface area (Å²) in [6.45, 7) is 2.59. The Labute approximate surface area is 132 Å². The molecule has 120 valence electrons. The molecule has 22 heavy (non-hydrogen) atoms. The summed E-state index contributed by atoms with van der Waals surface area (Å²) in [5.41, 5.74) is 0. The first kappa shape index (κ1) is 15.5. The van der Waals surface area contributed by atoms with Gasteiger partial charge in [0.15, 0.2) is 0 Å². The lowest BCUT2D eigenvalue weighted by atomic mass is 9.97. The molecule has 3 rings (SSSR count). The van der Waals surface area contributed by atoms with Gasteiger partial charge in [0, 0.05) is 32.1 Å². The Morgan fingerprint density at radius 3 is 2.14 bits per heavy atom. The number of carbonyl (C=O) groups is 1. The van der Waals surface area contributed by atoms with Crippen LogP contribution in [-0.2, 0) is 14.8 Å². The van der Waals surface area contributed by atoms with Gasteiger partial charge in [-0.15, -0.1) is 0 Å². The molecule has 0 unspecified atom stereocenters. The van der Waals surface area contributed by atoms with Crippen LogP contribution in [0.3, 0.4) is 0 Å². The number of piperidine rings is 1. The van der Waals surface area contributed by atoms with E-state index < -0.39 is 10.0 Å². The van der Waals surface area contributed by atoms with Crippen LogP contribution in [0, 0.1) is 5.92 Å². The monoisotopic (exact) mass is 322 g/mol. The van der Waals surface area contributed by atoms with Crippen LogP contribution < -0.4 is 0 Å². The highest BCUT2D eigenvalue weighted by atomic mass is 32.2. The van der Waals surface area contributed by atoms with Crippen LogP contribution in [-0.4, -0.2) is 49.7 Å². The van der Waals surface area contributed by atoms with Crippen molar-refractivity contribution in [3.63, 3.8) is 0 Å². The van der Waals surface area contributed by atoms with E-state index in [0.717, 1.165) is 25.9 Å². The Kier molecular flexibility index (Phi) is 4.49. The van der Waals surface area contributed by atoms with Crippen LogP contribution in [0.15, 0.2) is 35.2 Å². The third kappa shape index (κ3) is 3.03. The first-order valence-corrected chi connectivity index (χ1v) is 9.37. The number of carbonyl (C=O) groups excluding carboxylic acids is 1. The van der Waals surface area contributed by atoms with E-state index in [0.29, 0.717) is 30.8 Å². The predicted molar refractivity (Wildman–Crippen MR) is 83.7 cm³/mol. The van der Waals surface area contributed by atoms with Crippen LogP contribution in [0.4, 0.5) is 0 Å². The molecule has 0 aliphatic carbocycles. The Balaban J connectivity index is 1.63. The van der Waals surface area contributed by atoms with Gasteiger partial charge < -0.3 is 4.90 Å². The molecule has 6 heteroatoms. The highest BCUT2D eigenvalue weighted by Gasteiger charge is 2.34. The molecule has 0 atom stereocenters. The SMILES string of the molecule is O=C(C1CCN(S(=O)(=O)c2ccccc2)CC1)N1CCCC1. The highest BCUT2D eigenvalue weighted by molar-refractivity contribution is 7.89. The number of nitrogens with zero attached hydrogens (tertiary/aromatic N) is 2. The predicted octanol–water partition coefficient (Wildman–Crippen LogP) is 1.71. The normalized spacial score (nSPS) is 21.2. The third-order valence-electron chi connectivity index (χ3n) is 4.60. The van der Waals surface area contributed by atoms with E-state index in [1.807, 2.05) is 4.90 Å². The summed E-state index contributed by atoms with van der Waals surface area (Å²) in [6.07, 6.45) is 3.43. The van der Waals surface area contributed by atoms with E-state index in [1.54, 1.807) is 30.3 Å². The van der Waals surface area contributed by atoms with Gasteiger partial charge in [0.05, 0.1) is 4.90 Å². The van der Waals surface area contributed by atoms with Crippen LogP contribution in [0.2, 0.25) is 0 Å². The van der Waals surface area contributed by atoms with E-state index in [2.05, 4.69) is 0 Å². The van der Waals surface area contributed by atoms with Gasteiger partial charge in [0.2, 0.25) is 15.9 Å². The maximum Gasteiger partial charge on any atom is 0.243 e. The van der Waals surface area contributed by atoms with E-state index in [4.69, 9.17) is 0 Å². The molecule has 1 amide bonds. The molecule has 0 radical (unpaired) electrons. The van der Waals surface area contributed by atoms with Crippen molar-refractivity contribution >= 4 is 15.9 Å². The fourth-order valence-corrected chi connectivity index (χ4v) is 4.77. The standard InChI is InChI=1S/C16H22N2O3S/c19-16(17-10-4-5-11-17)14-8-12-18(13-9-14)22(20,21)15-6-2-1-3-7-15/h1-3,6-7,14H,4-5,8-13H2. The maximum absolute atomic E-state index is 12.6. The largest absolute Gasteiger partial charge is 0.342 e. The number of sulfonamides is 1. The van der Waals surface area contributed by atoms with Crippen molar-refractivity contribution in [3.8, 4) is 0 Å². The topological polar surface area (TPSA) is 57.7 Å². The van der Waals surface area contributed by atoms with E-state index >= 15 is 0 Å². The van der Waals surface area contributed by atoms with Crippen LogP contribution >= 0.6 is 0 Å². The quantitative estimate of drug-likeness (QED) is 0.851. The number of likely N-dealkylation sites (tertiary alicyclic amines) is 1. The van der Waals surface area contributed by atoms with Crippen molar-refractivity contribution < 1.29 is 13.2 Å². The molecule has 1 aromatic carbocycles. The van der Waals surface area contributed by atoms with Crippen molar-refractivity contribution in [1.82, 2.24) is 9.21 Å². The zero-order valence-electron chi connectivity index (χ0n) is 12.6. The van der Waals surface area contributed by atoms with Gasteiger partial charge in [-0.25, -0.2) is 8.42 Å². The minimum atomic E-state index is -3.42. The summed E-state index contributed by atoms with van der Waals surface area (Å²) >= 11 is 0. The second-order valence-corrected chi connectivity index (χ2v) is 7.96. The molecule has 2 aliphatic rings. The Hall–Kier alpha value is -1.40. The summed E-state index contributed by atoms with van der Waals surface area (Å²) < 4.78 is 26.6. The number of benzene rings is 1. The maximum atomic E-state index is 12.6. The molecule has 0 aromatic heterocycles. The fourth-order valence-electron chi connectivity index (χ4n) is 3.28. The lowest BCUT2D eigenvalue weighted by molar-refractivity contribution is -0.135.